The molecule has 96 valence electrons. The SMILES string of the molecule is COc1cc(C(O)c2cc(Br)sc2C)ccc1C. The van der Waals surface area contributed by atoms with Gasteiger partial charge in [-0.15, -0.1) is 11.3 Å². The molecule has 0 bridgehead atoms. The van der Waals surface area contributed by atoms with Gasteiger partial charge in [0.1, 0.15) is 11.9 Å². The minimum Gasteiger partial charge on any atom is -0.496 e. The van der Waals surface area contributed by atoms with Crippen molar-refractivity contribution >= 4 is 27.3 Å². The predicted octanol–water partition coefficient (Wildman–Crippen LogP) is 4.22. The Labute approximate surface area is 119 Å². The Morgan fingerprint density at radius 3 is 2.56 bits per heavy atom. The number of aliphatic hydroxyl groups excluding tert-OH is 1. The first-order valence-electron chi connectivity index (χ1n) is 5.61. The number of benzene rings is 1. The lowest BCUT2D eigenvalue weighted by atomic mass is 10.0. The molecule has 0 amide bonds. The average Bonchev–Trinajstić information content (AvgIpc) is 2.68. The summed E-state index contributed by atoms with van der Waals surface area (Å²) < 4.78 is 6.32. The minimum atomic E-state index is -0.609. The molecule has 4 heteroatoms. The van der Waals surface area contributed by atoms with Gasteiger partial charge in [-0.2, -0.15) is 0 Å². The Kier molecular flexibility index (Phi) is 4.10. The third kappa shape index (κ3) is 2.60. The van der Waals surface area contributed by atoms with Crippen LogP contribution in [-0.4, -0.2) is 12.2 Å². The summed E-state index contributed by atoms with van der Waals surface area (Å²) in [6.07, 6.45) is -0.609. The minimum absolute atomic E-state index is 0.609. The lowest BCUT2D eigenvalue weighted by Gasteiger charge is -2.13. The first kappa shape index (κ1) is 13.6. The van der Waals surface area contributed by atoms with E-state index >= 15 is 0 Å². The van der Waals surface area contributed by atoms with E-state index in [1.54, 1.807) is 18.4 Å². The van der Waals surface area contributed by atoms with Gasteiger partial charge in [-0.3, -0.25) is 0 Å². The smallest absolute Gasteiger partial charge is 0.122 e. The summed E-state index contributed by atoms with van der Waals surface area (Å²) in [5.41, 5.74) is 2.86. The number of hydrogen-bond acceptors (Lipinski definition) is 3. The highest BCUT2D eigenvalue weighted by Crippen LogP contribution is 2.34. The second-order valence-electron chi connectivity index (χ2n) is 4.19. The van der Waals surface area contributed by atoms with Crippen LogP contribution < -0.4 is 4.74 Å². The molecule has 0 saturated heterocycles. The van der Waals surface area contributed by atoms with Crippen LogP contribution in [0, 0.1) is 13.8 Å². The van der Waals surface area contributed by atoms with E-state index in [4.69, 9.17) is 4.74 Å². The van der Waals surface area contributed by atoms with Gasteiger partial charge < -0.3 is 9.84 Å². The monoisotopic (exact) mass is 326 g/mol. The number of aliphatic hydroxyl groups is 1. The maximum atomic E-state index is 10.4. The lowest BCUT2D eigenvalue weighted by molar-refractivity contribution is 0.219. The molecule has 2 rings (SSSR count). The highest BCUT2D eigenvalue weighted by atomic mass is 79.9. The van der Waals surface area contributed by atoms with E-state index in [0.717, 1.165) is 31.1 Å². The normalized spacial score (nSPS) is 12.5. The third-order valence-electron chi connectivity index (χ3n) is 2.97. The van der Waals surface area contributed by atoms with Crippen molar-refractivity contribution in [2.45, 2.75) is 20.0 Å². The molecule has 1 aromatic carbocycles. The van der Waals surface area contributed by atoms with Crippen molar-refractivity contribution in [2.75, 3.05) is 7.11 Å². The van der Waals surface area contributed by atoms with Crippen LogP contribution in [0.2, 0.25) is 0 Å². The Hall–Kier alpha value is -0.840. The predicted molar refractivity (Wildman–Crippen MR) is 78.5 cm³/mol. The molecule has 0 aliphatic heterocycles. The number of ether oxygens (including phenoxy) is 1. The molecule has 0 aliphatic carbocycles. The van der Waals surface area contributed by atoms with E-state index in [1.807, 2.05) is 38.1 Å². The second kappa shape index (κ2) is 5.43. The van der Waals surface area contributed by atoms with E-state index in [0.29, 0.717) is 0 Å². The summed E-state index contributed by atoms with van der Waals surface area (Å²) >= 11 is 5.08. The number of hydrogen-bond donors (Lipinski definition) is 1. The first-order valence-corrected chi connectivity index (χ1v) is 7.22. The van der Waals surface area contributed by atoms with Gasteiger partial charge in [0, 0.05) is 4.88 Å². The summed E-state index contributed by atoms with van der Waals surface area (Å²) in [4.78, 5) is 1.12. The summed E-state index contributed by atoms with van der Waals surface area (Å²) in [5.74, 6) is 0.804. The van der Waals surface area contributed by atoms with Crippen LogP contribution in [0.25, 0.3) is 0 Å². The molecule has 2 aromatic rings. The van der Waals surface area contributed by atoms with Gasteiger partial charge in [0.15, 0.2) is 0 Å². The summed E-state index contributed by atoms with van der Waals surface area (Å²) in [7, 11) is 1.64. The van der Waals surface area contributed by atoms with Crippen LogP contribution in [0.3, 0.4) is 0 Å². The molecule has 18 heavy (non-hydrogen) atoms. The topological polar surface area (TPSA) is 29.5 Å². The fourth-order valence-electron chi connectivity index (χ4n) is 1.92. The summed E-state index contributed by atoms with van der Waals surface area (Å²) in [6.45, 7) is 4.00. The molecule has 1 N–H and O–H groups in total. The quantitative estimate of drug-likeness (QED) is 0.915. The molecule has 0 fully saturated rings. The van der Waals surface area contributed by atoms with Crippen LogP contribution in [0.4, 0.5) is 0 Å². The largest absolute Gasteiger partial charge is 0.496 e. The van der Waals surface area contributed by atoms with Crippen molar-refractivity contribution < 1.29 is 9.84 Å². The zero-order valence-electron chi connectivity index (χ0n) is 10.5. The molecule has 1 heterocycles. The van der Waals surface area contributed by atoms with E-state index in [1.165, 1.54) is 0 Å². The summed E-state index contributed by atoms with van der Waals surface area (Å²) in [6, 6.07) is 7.77. The average molecular weight is 327 g/mol. The van der Waals surface area contributed by atoms with E-state index in [2.05, 4.69) is 15.9 Å². The number of halogens is 1. The molecule has 0 radical (unpaired) electrons. The lowest BCUT2D eigenvalue weighted by Crippen LogP contribution is -2.00. The van der Waals surface area contributed by atoms with Crippen molar-refractivity contribution in [3.05, 3.63) is 49.6 Å². The Morgan fingerprint density at radius 2 is 2.00 bits per heavy atom. The maximum Gasteiger partial charge on any atom is 0.122 e. The number of aryl methyl sites for hydroxylation is 2. The van der Waals surface area contributed by atoms with Crippen molar-refractivity contribution in [1.82, 2.24) is 0 Å². The second-order valence-corrected chi connectivity index (χ2v) is 6.83. The zero-order valence-corrected chi connectivity index (χ0v) is 12.9. The third-order valence-corrected chi connectivity index (χ3v) is 4.54. The Balaban J connectivity index is 2.39. The van der Waals surface area contributed by atoms with Gasteiger partial charge in [0.2, 0.25) is 0 Å². The van der Waals surface area contributed by atoms with Gasteiger partial charge in [0.05, 0.1) is 10.9 Å². The fourth-order valence-corrected chi connectivity index (χ4v) is 3.66. The molecule has 1 aromatic heterocycles. The van der Waals surface area contributed by atoms with Crippen molar-refractivity contribution in [3.8, 4) is 5.75 Å². The van der Waals surface area contributed by atoms with Crippen LogP contribution in [0.1, 0.15) is 27.7 Å². The summed E-state index contributed by atoms with van der Waals surface area (Å²) in [5, 5.41) is 10.4. The van der Waals surface area contributed by atoms with Crippen molar-refractivity contribution in [2.24, 2.45) is 0 Å². The standard InChI is InChI=1S/C14H15BrO2S/c1-8-4-5-10(6-12(8)17-3)14(16)11-7-13(15)18-9(11)2/h4-7,14,16H,1-3H3. The van der Waals surface area contributed by atoms with Crippen LogP contribution >= 0.6 is 27.3 Å². The highest BCUT2D eigenvalue weighted by molar-refractivity contribution is 9.11. The van der Waals surface area contributed by atoms with Crippen LogP contribution in [0.5, 0.6) is 5.75 Å². The number of methoxy groups -OCH3 is 1. The van der Waals surface area contributed by atoms with Crippen LogP contribution in [0.15, 0.2) is 28.1 Å². The first-order chi connectivity index (χ1) is 8.52. The molecule has 0 spiro atoms. The number of thiophene rings is 1. The van der Waals surface area contributed by atoms with Gasteiger partial charge in [-0.25, -0.2) is 0 Å². The fraction of sp³-hybridized carbons (Fsp3) is 0.286. The van der Waals surface area contributed by atoms with Crippen molar-refractivity contribution in [1.29, 1.82) is 0 Å². The van der Waals surface area contributed by atoms with Gasteiger partial charge in [-0.05, 0) is 58.6 Å². The van der Waals surface area contributed by atoms with E-state index in [-0.39, 0.29) is 0 Å². The van der Waals surface area contributed by atoms with Crippen molar-refractivity contribution in [3.63, 3.8) is 0 Å². The van der Waals surface area contributed by atoms with E-state index in [9.17, 15) is 5.11 Å². The molecule has 0 aliphatic rings. The molecule has 1 unspecified atom stereocenters. The molecular formula is C14H15BrO2S. The highest BCUT2D eigenvalue weighted by Gasteiger charge is 2.16. The molecular weight excluding hydrogens is 312 g/mol. The van der Waals surface area contributed by atoms with Gasteiger partial charge in [0.25, 0.3) is 0 Å². The molecule has 0 saturated carbocycles. The van der Waals surface area contributed by atoms with E-state index < -0.39 is 6.10 Å². The maximum absolute atomic E-state index is 10.4. The van der Waals surface area contributed by atoms with Gasteiger partial charge >= 0.3 is 0 Å². The number of rotatable bonds is 3. The van der Waals surface area contributed by atoms with Gasteiger partial charge in [-0.1, -0.05) is 12.1 Å². The van der Waals surface area contributed by atoms with Crippen LogP contribution in [-0.2, 0) is 0 Å². The zero-order chi connectivity index (χ0) is 13.3. The Morgan fingerprint density at radius 1 is 1.28 bits per heavy atom. The molecule has 2 nitrogen and oxygen atoms in total. The Bertz CT molecular complexity index is 563. The molecule has 1 atom stereocenters.